The summed E-state index contributed by atoms with van der Waals surface area (Å²) in [7, 11) is 0. The summed E-state index contributed by atoms with van der Waals surface area (Å²) in [6.07, 6.45) is 5.77. The summed E-state index contributed by atoms with van der Waals surface area (Å²) in [6, 6.07) is 7.53. The summed E-state index contributed by atoms with van der Waals surface area (Å²) in [6.45, 7) is 1.53. The average Bonchev–Trinajstić information content (AvgIpc) is 3.36. The van der Waals surface area contributed by atoms with Gasteiger partial charge in [0.15, 0.2) is 0 Å². The zero-order valence-electron chi connectivity index (χ0n) is 13.3. The first-order chi connectivity index (χ1) is 11.1. The highest BCUT2D eigenvalue weighted by molar-refractivity contribution is 6.30. The van der Waals surface area contributed by atoms with Crippen LogP contribution in [0.1, 0.15) is 48.9 Å². The van der Waals surface area contributed by atoms with Gasteiger partial charge < -0.3 is 10.2 Å². The Hall–Kier alpha value is -1.55. The Morgan fingerprint density at radius 1 is 1.26 bits per heavy atom. The van der Waals surface area contributed by atoms with Crippen molar-refractivity contribution in [2.45, 2.75) is 44.6 Å². The predicted octanol–water partition coefficient (Wildman–Crippen LogP) is 3.25. The SMILES string of the molecule is O=C(CC[C@H]1CCCN(C(=O)c2cccc(Cl)c2)C1)NC1CC1. The first kappa shape index (κ1) is 16.3. The Balaban J connectivity index is 1.51. The number of nitrogens with zero attached hydrogens (tertiary/aromatic N) is 1. The van der Waals surface area contributed by atoms with Crippen LogP contribution in [0.2, 0.25) is 5.02 Å². The Bertz CT molecular complexity index is 586. The van der Waals surface area contributed by atoms with Crippen molar-refractivity contribution in [1.82, 2.24) is 10.2 Å². The molecule has 0 radical (unpaired) electrons. The molecule has 0 aromatic heterocycles. The van der Waals surface area contributed by atoms with Crippen molar-refractivity contribution in [3.63, 3.8) is 0 Å². The van der Waals surface area contributed by atoms with Crippen LogP contribution in [-0.2, 0) is 4.79 Å². The molecule has 5 heteroatoms. The minimum Gasteiger partial charge on any atom is -0.353 e. The molecule has 1 aliphatic carbocycles. The van der Waals surface area contributed by atoms with E-state index in [0.29, 0.717) is 29.0 Å². The van der Waals surface area contributed by atoms with E-state index in [1.807, 2.05) is 4.90 Å². The number of hydrogen-bond acceptors (Lipinski definition) is 2. The van der Waals surface area contributed by atoms with Crippen LogP contribution in [-0.4, -0.2) is 35.8 Å². The van der Waals surface area contributed by atoms with Gasteiger partial charge in [0, 0.05) is 36.1 Å². The third-order valence-electron chi connectivity index (χ3n) is 4.60. The first-order valence-electron chi connectivity index (χ1n) is 8.46. The van der Waals surface area contributed by atoms with Gasteiger partial charge in [-0.25, -0.2) is 0 Å². The van der Waals surface area contributed by atoms with Crippen LogP contribution >= 0.6 is 11.6 Å². The largest absolute Gasteiger partial charge is 0.353 e. The van der Waals surface area contributed by atoms with E-state index in [2.05, 4.69) is 5.32 Å². The number of piperidine rings is 1. The fraction of sp³-hybridized carbons (Fsp3) is 0.556. The minimum absolute atomic E-state index is 0.0413. The summed E-state index contributed by atoms with van der Waals surface area (Å²) in [4.78, 5) is 26.3. The van der Waals surface area contributed by atoms with Crippen LogP contribution < -0.4 is 5.32 Å². The second kappa shape index (κ2) is 7.35. The van der Waals surface area contributed by atoms with E-state index in [-0.39, 0.29) is 11.8 Å². The Morgan fingerprint density at radius 3 is 2.83 bits per heavy atom. The van der Waals surface area contributed by atoms with E-state index in [0.717, 1.165) is 45.2 Å². The monoisotopic (exact) mass is 334 g/mol. The van der Waals surface area contributed by atoms with Crippen molar-refractivity contribution in [1.29, 1.82) is 0 Å². The maximum absolute atomic E-state index is 12.6. The maximum atomic E-state index is 12.6. The molecule has 0 unspecified atom stereocenters. The van der Waals surface area contributed by atoms with Crippen molar-refractivity contribution in [3.8, 4) is 0 Å². The smallest absolute Gasteiger partial charge is 0.253 e. The van der Waals surface area contributed by atoms with E-state index in [9.17, 15) is 9.59 Å². The van der Waals surface area contributed by atoms with E-state index in [1.54, 1.807) is 24.3 Å². The van der Waals surface area contributed by atoms with Crippen molar-refractivity contribution < 1.29 is 9.59 Å². The highest BCUT2D eigenvalue weighted by Crippen LogP contribution is 2.24. The normalized spacial score (nSPS) is 21.1. The number of rotatable bonds is 5. The fourth-order valence-electron chi connectivity index (χ4n) is 3.15. The summed E-state index contributed by atoms with van der Waals surface area (Å²) >= 11 is 5.97. The molecule has 2 fully saturated rings. The predicted molar refractivity (Wildman–Crippen MR) is 90.5 cm³/mol. The van der Waals surface area contributed by atoms with Crippen LogP contribution in [0.3, 0.4) is 0 Å². The summed E-state index contributed by atoms with van der Waals surface area (Å²) in [5, 5.41) is 3.61. The van der Waals surface area contributed by atoms with Crippen molar-refractivity contribution in [3.05, 3.63) is 34.9 Å². The molecule has 1 aromatic rings. The topological polar surface area (TPSA) is 49.4 Å². The number of hydrogen-bond donors (Lipinski definition) is 1. The molecule has 124 valence electrons. The van der Waals surface area contributed by atoms with Gasteiger partial charge in [-0.05, 0) is 56.2 Å². The zero-order valence-corrected chi connectivity index (χ0v) is 14.0. The summed E-state index contributed by atoms with van der Waals surface area (Å²) in [5.41, 5.74) is 0.643. The highest BCUT2D eigenvalue weighted by Gasteiger charge is 2.26. The number of likely N-dealkylation sites (tertiary alicyclic amines) is 1. The van der Waals surface area contributed by atoms with E-state index >= 15 is 0 Å². The Labute approximate surface area is 142 Å². The second-order valence-electron chi connectivity index (χ2n) is 6.65. The summed E-state index contributed by atoms with van der Waals surface area (Å²) in [5.74, 6) is 0.613. The minimum atomic E-state index is 0.0413. The maximum Gasteiger partial charge on any atom is 0.253 e. The van der Waals surface area contributed by atoms with Crippen LogP contribution in [0.15, 0.2) is 24.3 Å². The fourth-order valence-corrected chi connectivity index (χ4v) is 3.34. The number of carbonyl (C=O) groups excluding carboxylic acids is 2. The van der Waals surface area contributed by atoms with Gasteiger partial charge in [0.2, 0.25) is 5.91 Å². The molecule has 3 rings (SSSR count). The second-order valence-corrected chi connectivity index (χ2v) is 7.09. The van der Waals surface area contributed by atoms with Gasteiger partial charge in [0.25, 0.3) is 5.91 Å². The summed E-state index contributed by atoms with van der Waals surface area (Å²) < 4.78 is 0. The third kappa shape index (κ3) is 4.71. The Kier molecular flexibility index (Phi) is 5.21. The molecule has 1 atom stereocenters. The van der Waals surface area contributed by atoms with Crippen molar-refractivity contribution in [2.24, 2.45) is 5.92 Å². The lowest BCUT2D eigenvalue weighted by molar-refractivity contribution is -0.121. The van der Waals surface area contributed by atoms with E-state index < -0.39 is 0 Å². The Morgan fingerprint density at radius 2 is 2.09 bits per heavy atom. The molecule has 0 spiro atoms. The van der Waals surface area contributed by atoms with Crippen LogP contribution in [0.5, 0.6) is 0 Å². The van der Waals surface area contributed by atoms with Gasteiger partial charge in [-0.1, -0.05) is 17.7 Å². The molecule has 1 saturated heterocycles. The molecule has 1 aliphatic heterocycles. The molecule has 1 saturated carbocycles. The van der Waals surface area contributed by atoms with E-state index in [1.165, 1.54) is 0 Å². The average molecular weight is 335 g/mol. The number of amides is 2. The molecule has 1 heterocycles. The standard InChI is InChI=1S/C18H23ClN2O2/c19-15-5-1-4-14(11-15)18(23)21-10-2-3-13(12-21)6-9-17(22)20-16-7-8-16/h1,4-5,11,13,16H,2-3,6-10,12H2,(H,20,22)/t13-/m1/s1. The van der Waals surface area contributed by atoms with Gasteiger partial charge in [-0.3, -0.25) is 9.59 Å². The molecule has 1 N–H and O–H groups in total. The van der Waals surface area contributed by atoms with Gasteiger partial charge in [0.05, 0.1) is 0 Å². The quantitative estimate of drug-likeness (QED) is 0.898. The molecule has 2 aliphatic rings. The van der Waals surface area contributed by atoms with E-state index in [4.69, 9.17) is 11.6 Å². The lowest BCUT2D eigenvalue weighted by Crippen LogP contribution is -2.40. The molecule has 2 amide bonds. The zero-order chi connectivity index (χ0) is 16.2. The molecule has 4 nitrogen and oxygen atoms in total. The number of benzene rings is 1. The van der Waals surface area contributed by atoms with Crippen molar-refractivity contribution in [2.75, 3.05) is 13.1 Å². The first-order valence-corrected chi connectivity index (χ1v) is 8.84. The van der Waals surface area contributed by atoms with Crippen molar-refractivity contribution >= 4 is 23.4 Å². The molecule has 23 heavy (non-hydrogen) atoms. The lowest BCUT2D eigenvalue weighted by atomic mass is 9.93. The lowest BCUT2D eigenvalue weighted by Gasteiger charge is -2.33. The number of halogens is 1. The van der Waals surface area contributed by atoms with Crippen LogP contribution in [0.25, 0.3) is 0 Å². The molecule has 0 bridgehead atoms. The van der Waals surface area contributed by atoms with Gasteiger partial charge in [-0.2, -0.15) is 0 Å². The highest BCUT2D eigenvalue weighted by atomic mass is 35.5. The van der Waals surface area contributed by atoms with Crippen LogP contribution in [0, 0.1) is 5.92 Å². The van der Waals surface area contributed by atoms with Gasteiger partial charge in [-0.15, -0.1) is 0 Å². The number of carbonyl (C=O) groups is 2. The number of nitrogens with one attached hydrogen (secondary N) is 1. The third-order valence-corrected chi connectivity index (χ3v) is 4.83. The molecular formula is C18H23ClN2O2. The van der Waals surface area contributed by atoms with Gasteiger partial charge in [0.1, 0.15) is 0 Å². The molecular weight excluding hydrogens is 312 g/mol. The van der Waals surface area contributed by atoms with Crippen LogP contribution in [0.4, 0.5) is 0 Å². The molecule has 1 aromatic carbocycles. The van der Waals surface area contributed by atoms with Gasteiger partial charge >= 0.3 is 0 Å².